The monoisotopic (exact) mass is 332 g/mol. The van der Waals surface area contributed by atoms with Gasteiger partial charge in [0.15, 0.2) is 0 Å². The van der Waals surface area contributed by atoms with Crippen LogP contribution < -0.4 is 5.56 Å². The molecule has 1 aliphatic rings. The number of carbonyl (C=O) groups is 2. The van der Waals surface area contributed by atoms with Gasteiger partial charge in [0.2, 0.25) is 0 Å². The van der Waals surface area contributed by atoms with E-state index < -0.39 is 23.5 Å². The van der Waals surface area contributed by atoms with Gasteiger partial charge < -0.3 is 24.1 Å². The summed E-state index contributed by atoms with van der Waals surface area (Å²) in [6.45, 7) is 0.131. The van der Waals surface area contributed by atoms with Crippen LogP contribution in [-0.4, -0.2) is 52.7 Å². The summed E-state index contributed by atoms with van der Waals surface area (Å²) in [6.07, 6.45) is 1.30. The summed E-state index contributed by atoms with van der Waals surface area (Å²) in [5, 5.41) is 9.28. The van der Waals surface area contributed by atoms with Crippen LogP contribution in [0.5, 0.6) is 0 Å². The van der Waals surface area contributed by atoms with Crippen molar-refractivity contribution in [2.75, 3.05) is 13.7 Å². The zero-order valence-corrected chi connectivity index (χ0v) is 12.9. The molecule has 0 spiro atoms. The topological polar surface area (TPSA) is 113 Å². The summed E-state index contributed by atoms with van der Waals surface area (Å²) < 4.78 is 10.3. The first-order valence-electron chi connectivity index (χ1n) is 7.35. The molecule has 3 rings (SSSR count). The standard InChI is InChI=1S/C16H16N2O6/c1-23-9-7-12(16(21)22)18(8-9)15(20)10-4-5-11(17-14(10)19)13-3-2-6-24-13/h2-6,9,12H,7-8H2,1H3,(H,17,19)(H,21,22). The third kappa shape index (κ3) is 2.83. The van der Waals surface area contributed by atoms with Gasteiger partial charge in [-0.15, -0.1) is 0 Å². The number of hydrogen-bond donors (Lipinski definition) is 2. The fourth-order valence-corrected chi connectivity index (χ4v) is 2.80. The van der Waals surface area contributed by atoms with Crippen molar-refractivity contribution in [1.29, 1.82) is 0 Å². The maximum atomic E-state index is 12.6. The van der Waals surface area contributed by atoms with Crippen molar-refractivity contribution in [1.82, 2.24) is 9.88 Å². The lowest BCUT2D eigenvalue weighted by molar-refractivity contribution is -0.141. The Balaban J connectivity index is 1.89. The average Bonchev–Trinajstić information content (AvgIpc) is 3.23. The number of aliphatic carboxylic acids is 1. The molecule has 0 aliphatic carbocycles. The normalized spacial score (nSPS) is 20.3. The fourth-order valence-electron chi connectivity index (χ4n) is 2.80. The molecule has 24 heavy (non-hydrogen) atoms. The number of ether oxygens (including phenoxy) is 1. The third-order valence-corrected chi connectivity index (χ3v) is 4.07. The number of methoxy groups -OCH3 is 1. The molecule has 2 N–H and O–H groups in total. The lowest BCUT2D eigenvalue weighted by Gasteiger charge is -2.20. The molecule has 3 heterocycles. The molecule has 2 atom stereocenters. The van der Waals surface area contributed by atoms with Gasteiger partial charge in [0.25, 0.3) is 11.5 Å². The first-order valence-corrected chi connectivity index (χ1v) is 7.35. The number of aromatic nitrogens is 1. The number of carboxylic acids is 1. The molecular formula is C16H16N2O6. The maximum absolute atomic E-state index is 12.6. The van der Waals surface area contributed by atoms with Gasteiger partial charge in [-0.25, -0.2) is 4.79 Å². The second kappa shape index (κ2) is 6.32. The maximum Gasteiger partial charge on any atom is 0.326 e. The first-order chi connectivity index (χ1) is 11.5. The summed E-state index contributed by atoms with van der Waals surface area (Å²) >= 11 is 0. The quantitative estimate of drug-likeness (QED) is 0.862. The van der Waals surface area contributed by atoms with Crippen LogP contribution in [0.1, 0.15) is 16.8 Å². The number of H-pyrrole nitrogens is 1. The highest BCUT2D eigenvalue weighted by atomic mass is 16.5. The number of carbonyl (C=O) groups excluding carboxylic acids is 1. The van der Waals surface area contributed by atoms with Gasteiger partial charge in [0, 0.05) is 20.1 Å². The van der Waals surface area contributed by atoms with Gasteiger partial charge >= 0.3 is 5.97 Å². The van der Waals surface area contributed by atoms with Crippen LogP contribution in [0.4, 0.5) is 0 Å². The summed E-state index contributed by atoms with van der Waals surface area (Å²) in [7, 11) is 1.46. The second-order valence-electron chi connectivity index (χ2n) is 5.50. The van der Waals surface area contributed by atoms with Crippen LogP contribution in [0.15, 0.2) is 39.7 Å². The predicted molar refractivity (Wildman–Crippen MR) is 82.6 cm³/mol. The van der Waals surface area contributed by atoms with Crippen LogP contribution in [0.3, 0.4) is 0 Å². The number of carboxylic acid groups (broad SMARTS) is 1. The van der Waals surface area contributed by atoms with Gasteiger partial charge in [-0.1, -0.05) is 0 Å². The van der Waals surface area contributed by atoms with Crippen LogP contribution in [0.2, 0.25) is 0 Å². The van der Waals surface area contributed by atoms with Crippen molar-refractivity contribution < 1.29 is 23.8 Å². The number of amides is 1. The van der Waals surface area contributed by atoms with Gasteiger partial charge in [-0.05, 0) is 24.3 Å². The van der Waals surface area contributed by atoms with E-state index in [-0.39, 0.29) is 24.6 Å². The Hall–Kier alpha value is -2.87. The summed E-state index contributed by atoms with van der Waals surface area (Å²) in [5.74, 6) is -1.28. The third-order valence-electron chi connectivity index (χ3n) is 4.07. The molecule has 0 saturated carbocycles. The highest BCUT2D eigenvalue weighted by Crippen LogP contribution is 2.22. The Labute approximate surface area is 136 Å². The minimum atomic E-state index is -1.12. The molecule has 2 aromatic rings. The summed E-state index contributed by atoms with van der Waals surface area (Å²) in [5.41, 5.74) is -0.278. The van der Waals surface area contributed by atoms with Gasteiger partial charge in [0.05, 0.1) is 18.1 Å². The number of hydrogen-bond acceptors (Lipinski definition) is 5. The van der Waals surface area contributed by atoms with E-state index in [1.54, 1.807) is 18.2 Å². The molecule has 1 fully saturated rings. The highest BCUT2D eigenvalue weighted by molar-refractivity contribution is 5.97. The Morgan fingerprint density at radius 1 is 1.38 bits per heavy atom. The van der Waals surface area contributed by atoms with Crippen LogP contribution in [0, 0.1) is 0 Å². The predicted octanol–water partition coefficient (Wildman–Crippen LogP) is 0.949. The number of rotatable bonds is 4. The van der Waals surface area contributed by atoms with E-state index in [1.165, 1.54) is 19.4 Å². The molecule has 8 heteroatoms. The number of nitrogens with one attached hydrogen (secondary N) is 1. The first kappa shape index (κ1) is 16.0. The van der Waals surface area contributed by atoms with Crippen LogP contribution >= 0.6 is 0 Å². The summed E-state index contributed by atoms with van der Waals surface area (Å²) in [6, 6.07) is 5.27. The molecule has 8 nitrogen and oxygen atoms in total. The largest absolute Gasteiger partial charge is 0.480 e. The Morgan fingerprint density at radius 2 is 2.17 bits per heavy atom. The van der Waals surface area contributed by atoms with E-state index in [9.17, 15) is 19.5 Å². The van der Waals surface area contributed by atoms with E-state index in [0.717, 1.165) is 4.90 Å². The van der Waals surface area contributed by atoms with Crippen molar-refractivity contribution in [2.45, 2.75) is 18.6 Å². The Bertz CT molecular complexity index is 810. The Morgan fingerprint density at radius 3 is 2.75 bits per heavy atom. The van der Waals surface area contributed by atoms with Gasteiger partial charge in [-0.2, -0.15) is 0 Å². The molecule has 0 aromatic carbocycles. The molecule has 1 saturated heterocycles. The molecule has 1 amide bonds. The molecular weight excluding hydrogens is 316 g/mol. The SMILES string of the molecule is COC1CC(C(=O)O)N(C(=O)c2ccc(-c3ccco3)[nH]c2=O)C1. The summed E-state index contributed by atoms with van der Waals surface area (Å²) in [4.78, 5) is 39.9. The zero-order chi connectivity index (χ0) is 17.3. The number of nitrogens with zero attached hydrogens (tertiary/aromatic N) is 1. The minimum absolute atomic E-state index is 0.117. The molecule has 126 valence electrons. The van der Waals surface area contributed by atoms with Crippen LogP contribution in [-0.2, 0) is 9.53 Å². The number of furan rings is 1. The molecule has 0 bridgehead atoms. The van der Waals surface area contributed by atoms with Crippen molar-refractivity contribution >= 4 is 11.9 Å². The zero-order valence-electron chi connectivity index (χ0n) is 12.9. The molecule has 1 aliphatic heterocycles. The van der Waals surface area contributed by atoms with Crippen molar-refractivity contribution in [3.8, 4) is 11.5 Å². The smallest absolute Gasteiger partial charge is 0.326 e. The van der Waals surface area contributed by atoms with Crippen molar-refractivity contribution in [3.05, 3.63) is 46.4 Å². The van der Waals surface area contributed by atoms with Crippen LogP contribution in [0.25, 0.3) is 11.5 Å². The molecule has 0 radical (unpaired) electrons. The van der Waals surface area contributed by atoms with Gasteiger partial charge in [-0.3, -0.25) is 9.59 Å². The van der Waals surface area contributed by atoms with Crippen molar-refractivity contribution in [2.24, 2.45) is 0 Å². The fraction of sp³-hybridized carbons (Fsp3) is 0.312. The lowest BCUT2D eigenvalue weighted by atomic mass is 10.1. The van der Waals surface area contributed by atoms with E-state index in [4.69, 9.17) is 9.15 Å². The average molecular weight is 332 g/mol. The second-order valence-corrected chi connectivity index (χ2v) is 5.50. The Kier molecular flexibility index (Phi) is 4.22. The van der Waals surface area contributed by atoms with E-state index in [1.807, 2.05) is 0 Å². The number of aromatic amines is 1. The molecule has 2 unspecified atom stereocenters. The number of pyridine rings is 1. The van der Waals surface area contributed by atoms with E-state index in [0.29, 0.717) is 11.5 Å². The minimum Gasteiger partial charge on any atom is -0.480 e. The highest BCUT2D eigenvalue weighted by Gasteiger charge is 2.40. The number of likely N-dealkylation sites (tertiary alicyclic amines) is 1. The molecule has 2 aromatic heterocycles. The van der Waals surface area contributed by atoms with Gasteiger partial charge in [0.1, 0.15) is 17.4 Å². The van der Waals surface area contributed by atoms with E-state index >= 15 is 0 Å². The lowest BCUT2D eigenvalue weighted by Crippen LogP contribution is -2.42. The van der Waals surface area contributed by atoms with Crippen molar-refractivity contribution in [3.63, 3.8) is 0 Å². The van der Waals surface area contributed by atoms with E-state index in [2.05, 4.69) is 4.98 Å².